The molecule has 2 aromatic carbocycles. The van der Waals surface area contributed by atoms with E-state index >= 15 is 0 Å². The van der Waals surface area contributed by atoms with Gasteiger partial charge in [-0.05, 0) is 47.5 Å². The third-order valence-electron chi connectivity index (χ3n) is 4.47. The van der Waals surface area contributed by atoms with E-state index in [1.165, 1.54) is 11.8 Å². The van der Waals surface area contributed by atoms with Gasteiger partial charge < -0.3 is 10.3 Å². The number of hydrogen-bond donors (Lipinski definition) is 2. The number of rotatable bonds is 2. The van der Waals surface area contributed by atoms with Crippen molar-refractivity contribution in [3.8, 4) is 0 Å². The summed E-state index contributed by atoms with van der Waals surface area (Å²) in [5.74, 6) is -0.780. The number of hydrogen-bond acceptors (Lipinski definition) is 3. The summed E-state index contributed by atoms with van der Waals surface area (Å²) in [6, 6.07) is 13.7. The topological polar surface area (TPSA) is 62.0 Å². The molecule has 0 fully saturated rings. The highest BCUT2D eigenvalue weighted by atomic mass is 35.5. The van der Waals surface area contributed by atoms with Crippen molar-refractivity contribution in [3.05, 3.63) is 92.4 Å². The Morgan fingerprint density at radius 2 is 1.76 bits per heavy atom. The third kappa shape index (κ3) is 3.77. The van der Waals surface area contributed by atoms with Crippen molar-refractivity contribution in [2.24, 2.45) is 0 Å². The first-order valence-electron chi connectivity index (χ1n) is 8.41. The highest BCUT2D eigenvalue weighted by Crippen LogP contribution is 2.45. The molecule has 0 spiro atoms. The maximum atomic E-state index is 12.8. The Morgan fingerprint density at radius 1 is 1.03 bits per heavy atom. The lowest BCUT2D eigenvalue weighted by molar-refractivity contribution is -0.141. The van der Waals surface area contributed by atoms with Crippen molar-refractivity contribution in [2.45, 2.75) is 22.0 Å². The van der Waals surface area contributed by atoms with Gasteiger partial charge in [0.1, 0.15) is 11.3 Å². The lowest BCUT2D eigenvalue weighted by Gasteiger charge is -2.28. The normalized spacial score (nSPS) is 15.4. The van der Waals surface area contributed by atoms with E-state index in [9.17, 15) is 22.8 Å². The van der Waals surface area contributed by atoms with E-state index in [0.717, 1.165) is 27.0 Å². The molecule has 4 nitrogen and oxygen atoms in total. The van der Waals surface area contributed by atoms with Gasteiger partial charge in [0, 0.05) is 14.8 Å². The summed E-state index contributed by atoms with van der Waals surface area (Å²) in [4.78, 5) is 28.3. The van der Waals surface area contributed by atoms with Gasteiger partial charge in [-0.2, -0.15) is 13.2 Å². The molecule has 0 saturated carbocycles. The summed E-state index contributed by atoms with van der Waals surface area (Å²) < 4.78 is 38.3. The van der Waals surface area contributed by atoms with Crippen LogP contribution in [-0.2, 0) is 6.18 Å². The first kappa shape index (κ1) is 19.6. The van der Waals surface area contributed by atoms with Crippen molar-refractivity contribution >= 4 is 29.3 Å². The minimum Gasteiger partial charge on any atom is -0.341 e. The number of aromatic nitrogens is 1. The van der Waals surface area contributed by atoms with Gasteiger partial charge in [-0.3, -0.25) is 9.59 Å². The van der Waals surface area contributed by atoms with Crippen LogP contribution < -0.4 is 10.9 Å². The Kier molecular flexibility index (Phi) is 4.92. The number of fused-ring (bicyclic) bond motifs is 2. The second kappa shape index (κ2) is 7.27. The molecule has 0 bridgehead atoms. The van der Waals surface area contributed by atoms with Crippen molar-refractivity contribution in [2.75, 3.05) is 0 Å². The minimum atomic E-state index is -4.70. The quantitative estimate of drug-likeness (QED) is 0.592. The maximum Gasteiger partial charge on any atom is 0.431 e. The number of aromatic amines is 1. The first-order valence-corrected chi connectivity index (χ1v) is 9.61. The van der Waals surface area contributed by atoms with Crippen LogP contribution in [0.1, 0.15) is 33.2 Å². The molecule has 1 aromatic heterocycles. The van der Waals surface area contributed by atoms with Gasteiger partial charge in [0.2, 0.25) is 0 Å². The Hall–Kier alpha value is -2.71. The summed E-state index contributed by atoms with van der Waals surface area (Å²) >= 11 is 7.65. The summed E-state index contributed by atoms with van der Waals surface area (Å²) in [6.07, 6.45) is -4.70. The molecule has 3 aromatic rings. The van der Waals surface area contributed by atoms with Crippen LogP contribution in [0, 0.1) is 0 Å². The molecule has 1 aliphatic heterocycles. The lowest BCUT2D eigenvalue weighted by atomic mass is 9.97. The van der Waals surface area contributed by atoms with Crippen LogP contribution in [0.2, 0.25) is 5.02 Å². The Balaban J connectivity index is 1.72. The number of H-pyrrole nitrogens is 1. The Bertz CT molecular complexity index is 1180. The van der Waals surface area contributed by atoms with Crippen LogP contribution in [-0.4, -0.2) is 10.9 Å². The van der Waals surface area contributed by atoms with Crippen molar-refractivity contribution in [3.63, 3.8) is 0 Å². The molecule has 0 saturated heterocycles. The molecule has 4 rings (SSSR count). The van der Waals surface area contributed by atoms with Crippen molar-refractivity contribution in [1.82, 2.24) is 10.3 Å². The van der Waals surface area contributed by atoms with Crippen LogP contribution in [0.25, 0.3) is 0 Å². The predicted molar refractivity (Wildman–Crippen MR) is 103 cm³/mol. The van der Waals surface area contributed by atoms with Crippen LogP contribution >= 0.6 is 23.4 Å². The largest absolute Gasteiger partial charge is 0.431 e. The summed E-state index contributed by atoms with van der Waals surface area (Å²) in [7, 11) is 0. The zero-order valence-electron chi connectivity index (χ0n) is 14.5. The lowest BCUT2D eigenvalue weighted by Crippen LogP contribution is -2.35. The molecule has 29 heavy (non-hydrogen) atoms. The van der Waals surface area contributed by atoms with E-state index in [1.807, 2.05) is 30.3 Å². The number of benzene rings is 2. The van der Waals surface area contributed by atoms with Crippen molar-refractivity contribution in [1.29, 1.82) is 0 Å². The number of nitrogens with one attached hydrogen (secondary N) is 2. The zero-order valence-corrected chi connectivity index (χ0v) is 16.1. The number of pyridine rings is 1. The molecule has 1 aliphatic rings. The van der Waals surface area contributed by atoms with Crippen LogP contribution in [0.5, 0.6) is 0 Å². The average molecular weight is 437 g/mol. The van der Waals surface area contributed by atoms with Gasteiger partial charge in [0.25, 0.3) is 11.5 Å². The van der Waals surface area contributed by atoms with Gasteiger partial charge in [-0.25, -0.2) is 0 Å². The fourth-order valence-electron chi connectivity index (χ4n) is 3.12. The summed E-state index contributed by atoms with van der Waals surface area (Å²) in [5.41, 5.74) is -1.17. The van der Waals surface area contributed by atoms with Gasteiger partial charge in [-0.1, -0.05) is 41.6 Å². The summed E-state index contributed by atoms with van der Waals surface area (Å²) in [5, 5.41) is 3.24. The molecule has 9 heteroatoms. The monoisotopic (exact) mass is 436 g/mol. The highest BCUT2D eigenvalue weighted by molar-refractivity contribution is 7.99. The van der Waals surface area contributed by atoms with E-state index in [4.69, 9.17) is 11.6 Å². The maximum absolute atomic E-state index is 12.8. The fourth-order valence-corrected chi connectivity index (χ4v) is 4.42. The van der Waals surface area contributed by atoms with Crippen molar-refractivity contribution < 1.29 is 18.0 Å². The van der Waals surface area contributed by atoms with Gasteiger partial charge >= 0.3 is 6.18 Å². The average Bonchev–Trinajstić information content (AvgIpc) is 2.67. The molecular weight excluding hydrogens is 425 g/mol. The second-order valence-corrected chi connectivity index (χ2v) is 7.86. The van der Waals surface area contributed by atoms with Gasteiger partial charge in [0.15, 0.2) is 0 Å². The van der Waals surface area contributed by atoms with E-state index in [1.54, 1.807) is 17.1 Å². The Labute approximate surface area is 172 Å². The molecule has 1 amide bonds. The van der Waals surface area contributed by atoms with Crippen LogP contribution in [0.15, 0.2) is 69.2 Å². The smallest absolute Gasteiger partial charge is 0.341 e. The molecule has 148 valence electrons. The van der Waals surface area contributed by atoms with E-state index in [2.05, 4.69) is 5.32 Å². The third-order valence-corrected chi connectivity index (χ3v) is 5.89. The molecule has 2 heterocycles. The highest BCUT2D eigenvalue weighted by Gasteiger charge is 2.33. The first-order chi connectivity index (χ1) is 13.7. The Morgan fingerprint density at radius 3 is 2.48 bits per heavy atom. The van der Waals surface area contributed by atoms with E-state index in [-0.39, 0.29) is 0 Å². The van der Waals surface area contributed by atoms with Gasteiger partial charge in [-0.15, -0.1) is 0 Å². The molecular formula is C20H12ClF3N2O2S. The molecule has 1 unspecified atom stereocenters. The fraction of sp³-hybridized carbons (Fsp3) is 0.100. The van der Waals surface area contributed by atoms with E-state index in [0.29, 0.717) is 11.1 Å². The SMILES string of the molecule is O=C(NC1c2ccccc2Sc2ccc(Cl)cc21)c1ccc(C(F)(F)F)[nH]c1=O. The number of amides is 1. The number of alkyl halides is 3. The second-order valence-electron chi connectivity index (χ2n) is 6.34. The van der Waals surface area contributed by atoms with Crippen LogP contribution in [0.3, 0.4) is 0 Å². The standard InChI is InChI=1S/C20H12ClF3N2O2S/c21-10-5-7-15-13(9-10)17(11-3-1-2-4-14(11)29-15)26-19(28)12-6-8-16(20(22,23)24)25-18(12)27/h1-9,17H,(H,25,27)(H,26,28). The molecule has 0 aliphatic carbocycles. The number of carbonyl (C=O) groups is 1. The predicted octanol–water partition coefficient (Wildman–Crippen LogP) is 5.03. The van der Waals surface area contributed by atoms with Crippen LogP contribution in [0.4, 0.5) is 13.2 Å². The van der Waals surface area contributed by atoms with Gasteiger partial charge in [0.05, 0.1) is 6.04 Å². The molecule has 0 radical (unpaired) electrons. The molecule has 2 N–H and O–H groups in total. The number of carbonyl (C=O) groups excluding carboxylic acids is 1. The summed E-state index contributed by atoms with van der Waals surface area (Å²) in [6.45, 7) is 0. The number of halogens is 4. The van der Waals surface area contributed by atoms with E-state index < -0.39 is 34.9 Å². The minimum absolute atomic E-state index is 0.405. The molecule has 1 atom stereocenters. The zero-order chi connectivity index (χ0) is 20.8.